The molecule has 0 atom stereocenters. The molecule has 0 unspecified atom stereocenters. The van der Waals surface area contributed by atoms with E-state index in [9.17, 15) is 4.79 Å². The van der Waals surface area contributed by atoms with E-state index in [1.165, 1.54) is 0 Å². The fraction of sp³-hybridized carbons (Fsp3) is 0. The highest BCUT2D eigenvalue weighted by Crippen LogP contribution is 2.44. The van der Waals surface area contributed by atoms with Crippen molar-refractivity contribution in [3.05, 3.63) is 77.9 Å². The van der Waals surface area contributed by atoms with E-state index in [0.717, 1.165) is 44.7 Å². The zero-order chi connectivity index (χ0) is 15.4. The van der Waals surface area contributed by atoms with E-state index < -0.39 is 0 Å². The maximum absolute atomic E-state index is 11.6. The van der Waals surface area contributed by atoms with Gasteiger partial charge in [-0.1, -0.05) is 36.4 Å². The third-order valence-corrected chi connectivity index (χ3v) is 4.26. The summed E-state index contributed by atoms with van der Waals surface area (Å²) in [6.45, 7) is 0. The predicted octanol–water partition coefficient (Wildman–Crippen LogP) is 4.36. The first kappa shape index (κ1) is 12.4. The highest BCUT2D eigenvalue weighted by atomic mass is 16.5. The minimum absolute atomic E-state index is 0.178. The summed E-state index contributed by atoms with van der Waals surface area (Å²) in [5, 5.41) is 2.15. The molecule has 0 bridgehead atoms. The van der Waals surface area contributed by atoms with Crippen LogP contribution in [-0.2, 0) is 4.79 Å². The Bertz CT molecular complexity index is 1020. The number of ether oxygens (including phenoxy) is 1. The van der Waals surface area contributed by atoms with Crippen molar-refractivity contribution < 1.29 is 9.53 Å². The molecule has 1 amide bonds. The van der Waals surface area contributed by atoms with Crippen LogP contribution in [0.4, 0.5) is 0 Å². The van der Waals surface area contributed by atoms with Gasteiger partial charge in [0.2, 0.25) is 0 Å². The zero-order valence-electron chi connectivity index (χ0n) is 12.1. The van der Waals surface area contributed by atoms with Gasteiger partial charge in [0.1, 0.15) is 11.5 Å². The van der Waals surface area contributed by atoms with Gasteiger partial charge in [0, 0.05) is 28.0 Å². The average Bonchev–Trinajstić information content (AvgIpc) is 3.09. The van der Waals surface area contributed by atoms with E-state index in [1.54, 1.807) is 6.08 Å². The summed E-state index contributed by atoms with van der Waals surface area (Å²) in [6, 6.07) is 19.7. The van der Waals surface area contributed by atoms with Crippen molar-refractivity contribution in [2.24, 2.45) is 4.99 Å². The molecule has 2 aliphatic rings. The molecule has 5 rings (SSSR count). The normalized spacial score (nSPS) is 14.7. The van der Waals surface area contributed by atoms with Crippen LogP contribution in [0.15, 0.2) is 71.7 Å². The van der Waals surface area contributed by atoms with E-state index in [1.807, 2.05) is 60.7 Å². The second kappa shape index (κ2) is 4.40. The first-order valence-corrected chi connectivity index (χ1v) is 7.45. The lowest BCUT2D eigenvalue weighted by Crippen LogP contribution is -1.93. The number of allylic oxidation sites excluding steroid dienone is 1. The fourth-order valence-electron chi connectivity index (χ4n) is 3.31. The van der Waals surface area contributed by atoms with Crippen molar-refractivity contribution in [2.75, 3.05) is 0 Å². The number of para-hydroxylation sites is 1. The number of fused-ring (bicyclic) bond motifs is 3. The van der Waals surface area contributed by atoms with Crippen LogP contribution in [0.2, 0.25) is 0 Å². The molecule has 1 heterocycles. The number of benzene rings is 3. The lowest BCUT2D eigenvalue weighted by atomic mass is 10.0. The minimum atomic E-state index is -0.178. The number of amides is 1. The van der Waals surface area contributed by atoms with Gasteiger partial charge in [0.25, 0.3) is 5.91 Å². The monoisotopic (exact) mass is 297 g/mol. The second-order valence-electron chi connectivity index (χ2n) is 5.61. The Labute approximate surface area is 132 Å². The fourth-order valence-corrected chi connectivity index (χ4v) is 3.31. The van der Waals surface area contributed by atoms with Crippen molar-refractivity contribution in [1.29, 1.82) is 0 Å². The number of carbonyl (C=O) groups is 1. The smallest absolute Gasteiger partial charge is 0.270 e. The number of hydrogen-bond donors (Lipinski definition) is 0. The van der Waals surface area contributed by atoms with E-state index >= 15 is 0 Å². The van der Waals surface area contributed by atoms with E-state index in [2.05, 4.69) is 4.99 Å². The molecule has 23 heavy (non-hydrogen) atoms. The van der Waals surface area contributed by atoms with Crippen LogP contribution in [0.1, 0.15) is 11.1 Å². The average molecular weight is 297 g/mol. The van der Waals surface area contributed by atoms with Gasteiger partial charge >= 0.3 is 0 Å². The third-order valence-electron chi connectivity index (χ3n) is 4.26. The van der Waals surface area contributed by atoms with Crippen molar-refractivity contribution in [3.63, 3.8) is 0 Å². The number of carbonyl (C=O) groups excluding carboxylic acids is 1. The molecule has 0 saturated heterocycles. The Morgan fingerprint density at radius 3 is 2.57 bits per heavy atom. The van der Waals surface area contributed by atoms with Gasteiger partial charge in [-0.25, -0.2) is 4.99 Å². The highest BCUT2D eigenvalue weighted by molar-refractivity contribution is 6.48. The third kappa shape index (κ3) is 1.70. The number of rotatable bonds is 2. The zero-order valence-corrected chi connectivity index (χ0v) is 12.1. The van der Waals surface area contributed by atoms with Crippen molar-refractivity contribution in [3.8, 4) is 11.5 Å². The van der Waals surface area contributed by atoms with Crippen LogP contribution < -0.4 is 4.74 Å². The molecule has 0 aromatic heterocycles. The molecule has 0 fully saturated rings. The van der Waals surface area contributed by atoms with E-state index in [4.69, 9.17) is 4.74 Å². The summed E-state index contributed by atoms with van der Waals surface area (Å²) in [4.78, 5) is 15.8. The van der Waals surface area contributed by atoms with Crippen molar-refractivity contribution >= 4 is 28.0 Å². The minimum Gasteiger partial charge on any atom is -0.457 e. The van der Waals surface area contributed by atoms with Gasteiger partial charge in [-0.3, -0.25) is 4.79 Å². The molecule has 3 aromatic rings. The molecule has 108 valence electrons. The molecular formula is C20H11NO2. The number of nitrogens with zero attached hydrogens (tertiary/aromatic N) is 1. The molecule has 3 heteroatoms. The number of aliphatic imine (C=N–C) groups is 1. The molecule has 1 aliphatic heterocycles. The maximum atomic E-state index is 11.6. The van der Waals surface area contributed by atoms with Crippen LogP contribution in [0.25, 0.3) is 16.3 Å². The topological polar surface area (TPSA) is 38.7 Å². The van der Waals surface area contributed by atoms with Gasteiger partial charge in [0.15, 0.2) is 0 Å². The first-order valence-electron chi connectivity index (χ1n) is 7.45. The predicted molar refractivity (Wildman–Crippen MR) is 90.0 cm³/mol. The second-order valence-corrected chi connectivity index (χ2v) is 5.61. The van der Waals surface area contributed by atoms with Crippen LogP contribution in [0.3, 0.4) is 0 Å². The number of hydrogen-bond acceptors (Lipinski definition) is 2. The molecule has 3 nitrogen and oxygen atoms in total. The summed E-state index contributed by atoms with van der Waals surface area (Å²) in [6.07, 6.45) is 1.61. The van der Waals surface area contributed by atoms with Crippen LogP contribution >= 0.6 is 0 Å². The van der Waals surface area contributed by atoms with E-state index in [-0.39, 0.29) is 5.91 Å². The Morgan fingerprint density at radius 2 is 1.70 bits per heavy atom. The largest absolute Gasteiger partial charge is 0.457 e. The Balaban J connectivity index is 1.74. The Morgan fingerprint density at radius 1 is 0.826 bits per heavy atom. The summed E-state index contributed by atoms with van der Waals surface area (Å²) in [5.74, 6) is 1.43. The lowest BCUT2D eigenvalue weighted by Gasteiger charge is -2.10. The summed E-state index contributed by atoms with van der Waals surface area (Å²) >= 11 is 0. The SMILES string of the molecule is O=C1C=C2C(=N1)c1cccc3c(Oc4ccccc4)ccc2c13. The van der Waals surface area contributed by atoms with Crippen LogP contribution in [-0.4, -0.2) is 11.6 Å². The lowest BCUT2D eigenvalue weighted by molar-refractivity contribution is -0.113. The molecule has 1 aliphatic carbocycles. The molecule has 3 aromatic carbocycles. The molecule has 0 radical (unpaired) electrons. The highest BCUT2D eigenvalue weighted by Gasteiger charge is 2.30. The van der Waals surface area contributed by atoms with Gasteiger partial charge in [-0.05, 0) is 29.8 Å². The van der Waals surface area contributed by atoms with Gasteiger partial charge in [-0.2, -0.15) is 0 Å². The molecule has 0 spiro atoms. The van der Waals surface area contributed by atoms with Gasteiger partial charge in [-0.15, -0.1) is 0 Å². The maximum Gasteiger partial charge on any atom is 0.270 e. The van der Waals surface area contributed by atoms with Gasteiger partial charge in [0.05, 0.1) is 5.71 Å². The van der Waals surface area contributed by atoms with Crippen molar-refractivity contribution in [2.45, 2.75) is 0 Å². The van der Waals surface area contributed by atoms with Gasteiger partial charge < -0.3 is 4.74 Å². The molecule has 0 N–H and O–H groups in total. The summed E-state index contributed by atoms with van der Waals surface area (Å²) in [5.41, 5.74) is 3.77. The van der Waals surface area contributed by atoms with E-state index in [0.29, 0.717) is 0 Å². The first-order chi connectivity index (χ1) is 11.3. The molecule has 0 saturated carbocycles. The Kier molecular flexibility index (Phi) is 2.36. The Hall–Kier alpha value is -3.20. The van der Waals surface area contributed by atoms with Crippen LogP contribution in [0, 0.1) is 0 Å². The summed E-state index contributed by atoms with van der Waals surface area (Å²) in [7, 11) is 0. The van der Waals surface area contributed by atoms with Crippen molar-refractivity contribution in [1.82, 2.24) is 0 Å². The standard InChI is InChI=1S/C20H11NO2/c22-18-11-16-13-9-10-17(23-12-5-2-1-3-6-12)14-7-4-8-15(19(13)14)20(16)21-18/h1-11H. The quantitative estimate of drug-likeness (QED) is 0.705. The summed E-state index contributed by atoms with van der Waals surface area (Å²) < 4.78 is 6.05. The van der Waals surface area contributed by atoms with Crippen LogP contribution in [0.5, 0.6) is 11.5 Å². The molecular weight excluding hydrogens is 286 g/mol.